The molecule has 26 heavy (non-hydrogen) atoms. The van der Waals surface area contributed by atoms with E-state index >= 15 is 0 Å². The third-order valence-electron chi connectivity index (χ3n) is 3.44. The fourth-order valence-electron chi connectivity index (χ4n) is 2.28. The predicted molar refractivity (Wildman–Crippen MR) is 91.4 cm³/mol. The van der Waals surface area contributed by atoms with Gasteiger partial charge in [0, 0.05) is 7.05 Å². The van der Waals surface area contributed by atoms with Crippen LogP contribution < -0.4 is 20.7 Å². The zero-order valence-electron chi connectivity index (χ0n) is 13.9. The summed E-state index contributed by atoms with van der Waals surface area (Å²) in [6.07, 6.45) is 1.20. The fourth-order valence-corrected chi connectivity index (χ4v) is 2.28. The summed E-state index contributed by atoms with van der Waals surface area (Å²) >= 11 is 0. The molecule has 0 atom stereocenters. The van der Waals surface area contributed by atoms with E-state index in [1.807, 2.05) is 0 Å². The van der Waals surface area contributed by atoms with Crippen molar-refractivity contribution in [2.45, 2.75) is 6.92 Å². The molecule has 0 radical (unpaired) electrons. The minimum Gasteiger partial charge on any atom is -0.476 e. The molecule has 2 aromatic heterocycles. The van der Waals surface area contributed by atoms with E-state index in [0.717, 1.165) is 6.07 Å². The zero-order chi connectivity index (χ0) is 18.7. The Balaban J connectivity index is 1.88. The highest BCUT2D eigenvalue weighted by Crippen LogP contribution is 2.28. The summed E-state index contributed by atoms with van der Waals surface area (Å²) in [5, 5.41) is 14.0. The number of halogens is 2. The maximum Gasteiger partial charge on any atom is 0.325 e. The summed E-state index contributed by atoms with van der Waals surface area (Å²) in [6.45, 7) is 2.11. The standard InChI is InChI=1S/C15H15F2N7O2/c1-3-26-14-9-12(19-6-20-13(9)23-24-14)22-15(25)21-11-7(16)4-5-8(18-2)10(11)17/h4-6,18H,3H2,1-2H3,(H3,19,20,21,22,23,24,25). The number of H-pyrrole nitrogens is 1. The highest BCUT2D eigenvalue weighted by molar-refractivity contribution is 6.05. The van der Waals surface area contributed by atoms with Crippen LogP contribution in [0.5, 0.6) is 5.88 Å². The number of carbonyl (C=O) groups excluding carboxylic acids is 1. The average molecular weight is 363 g/mol. The molecule has 0 aliphatic heterocycles. The molecule has 1 aromatic carbocycles. The van der Waals surface area contributed by atoms with Gasteiger partial charge in [0.25, 0.3) is 0 Å². The Morgan fingerprint density at radius 3 is 2.81 bits per heavy atom. The minimum atomic E-state index is -0.922. The molecular weight excluding hydrogens is 348 g/mol. The lowest BCUT2D eigenvalue weighted by Gasteiger charge is -2.12. The van der Waals surface area contributed by atoms with Crippen LogP contribution in [-0.2, 0) is 0 Å². The third-order valence-corrected chi connectivity index (χ3v) is 3.44. The summed E-state index contributed by atoms with van der Waals surface area (Å²) < 4.78 is 33.4. The number of amides is 2. The number of carbonyl (C=O) groups is 1. The van der Waals surface area contributed by atoms with Gasteiger partial charge in [-0.05, 0) is 19.1 Å². The number of urea groups is 1. The van der Waals surface area contributed by atoms with E-state index in [1.165, 1.54) is 19.4 Å². The monoisotopic (exact) mass is 363 g/mol. The Hall–Kier alpha value is -3.50. The number of aromatic amines is 1. The van der Waals surface area contributed by atoms with Crippen molar-refractivity contribution in [3.05, 3.63) is 30.1 Å². The molecule has 3 aromatic rings. The number of nitrogens with zero attached hydrogens (tertiary/aromatic N) is 3. The van der Waals surface area contributed by atoms with Crippen LogP contribution in [0, 0.1) is 11.6 Å². The van der Waals surface area contributed by atoms with Gasteiger partial charge in [-0.3, -0.25) is 10.4 Å². The van der Waals surface area contributed by atoms with Crippen LogP contribution in [0.3, 0.4) is 0 Å². The van der Waals surface area contributed by atoms with E-state index in [4.69, 9.17) is 4.74 Å². The molecule has 11 heteroatoms. The van der Waals surface area contributed by atoms with E-state index in [2.05, 4.69) is 36.1 Å². The molecular formula is C15H15F2N7O2. The second-order valence-electron chi connectivity index (χ2n) is 5.02. The van der Waals surface area contributed by atoms with Crippen LogP contribution >= 0.6 is 0 Å². The van der Waals surface area contributed by atoms with Crippen molar-refractivity contribution >= 4 is 34.3 Å². The first-order chi connectivity index (χ1) is 12.5. The molecule has 3 rings (SSSR count). The number of hydrogen-bond donors (Lipinski definition) is 4. The SMILES string of the molecule is CCOc1n[nH]c2ncnc(NC(=O)Nc3c(F)ccc(NC)c3F)c12. The Bertz CT molecular complexity index is 961. The normalized spacial score (nSPS) is 10.6. The first kappa shape index (κ1) is 17.3. The molecule has 0 saturated carbocycles. The van der Waals surface area contributed by atoms with Crippen LogP contribution in [0.2, 0.25) is 0 Å². The number of hydrogen-bond acceptors (Lipinski definition) is 6. The number of anilines is 3. The van der Waals surface area contributed by atoms with Crippen LogP contribution in [-0.4, -0.2) is 39.9 Å². The van der Waals surface area contributed by atoms with Gasteiger partial charge in [-0.15, -0.1) is 5.10 Å². The molecule has 0 aliphatic carbocycles. The van der Waals surface area contributed by atoms with Crippen LogP contribution in [0.1, 0.15) is 6.92 Å². The highest BCUT2D eigenvalue weighted by Gasteiger charge is 2.19. The van der Waals surface area contributed by atoms with Gasteiger partial charge in [-0.25, -0.2) is 23.5 Å². The largest absolute Gasteiger partial charge is 0.476 e. The quantitative estimate of drug-likeness (QED) is 0.554. The van der Waals surface area contributed by atoms with E-state index in [-0.39, 0.29) is 17.4 Å². The smallest absolute Gasteiger partial charge is 0.325 e. The number of rotatable bonds is 5. The first-order valence-corrected chi connectivity index (χ1v) is 7.60. The minimum absolute atomic E-state index is 0.0413. The van der Waals surface area contributed by atoms with E-state index < -0.39 is 23.4 Å². The molecule has 0 spiro atoms. The number of nitrogens with one attached hydrogen (secondary N) is 4. The molecule has 0 fully saturated rings. The van der Waals surface area contributed by atoms with Gasteiger partial charge in [0.15, 0.2) is 17.3 Å². The summed E-state index contributed by atoms with van der Waals surface area (Å²) in [5.74, 6) is -1.56. The molecule has 0 saturated heterocycles. The number of ether oxygens (including phenoxy) is 1. The van der Waals surface area contributed by atoms with Gasteiger partial charge in [-0.1, -0.05) is 0 Å². The van der Waals surface area contributed by atoms with Gasteiger partial charge in [0.1, 0.15) is 23.2 Å². The van der Waals surface area contributed by atoms with Crippen molar-refractivity contribution in [1.82, 2.24) is 20.2 Å². The summed E-state index contributed by atoms with van der Waals surface area (Å²) in [5.41, 5.74) is -0.204. The van der Waals surface area contributed by atoms with Crippen molar-refractivity contribution in [2.24, 2.45) is 0 Å². The number of aromatic nitrogens is 4. The molecule has 0 unspecified atom stereocenters. The molecule has 9 nitrogen and oxygen atoms in total. The number of benzene rings is 1. The van der Waals surface area contributed by atoms with Crippen molar-refractivity contribution in [1.29, 1.82) is 0 Å². The lowest BCUT2D eigenvalue weighted by atomic mass is 10.2. The Kier molecular flexibility index (Phi) is 4.78. The first-order valence-electron chi connectivity index (χ1n) is 7.60. The maximum atomic E-state index is 14.2. The average Bonchev–Trinajstić information content (AvgIpc) is 3.03. The molecule has 0 bridgehead atoms. The van der Waals surface area contributed by atoms with Gasteiger partial charge >= 0.3 is 6.03 Å². The fraction of sp³-hybridized carbons (Fsp3) is 0.200. The van der Waals surface area contributed by atoms with Gasteiger partial charge in [-0.2, -0.15) is 0 Å². The van der Waals surface area contributed by atoms with E-state index in [1.54, 1.807) is 6.92 Å². The van der Waals surface area contributed by atoms with Crippen molar-refractivity contribution in [2.75, 3.05) is 29.6 Å². The molecule has 0 aliphatic rings. The third kappa shape index (κ3) is 3.18. The lowest BCUT2D eigenvalue weighted by molar-refractivity contribution is 0.262. The second-order valence-corrected chi connectivity index (χ2v) is 5.02. The molecule has 2 heterocycles. The van der Waals surface area contributed by atoms with Crippen molar-refractivity contribution in [3.8, 4) is 5.88 Å². The van der Waals surface area contributed by atoms with Crippen LogP contribution in [0.15, 0.2) is 18.5 Å². The highest BCUT2D eigenvalue weighted by atomic mass is 19.1. The summed E-state index contributed by atoms with van der Waals surface area (Å²) in [7, 11) is 1.48. The summed E-state index contributed by atoms with van der Waals surface area (Å²) in [4.78, 5) is 20.1. The molecule has 4 N–H and O–H groups in total. The molecule has 2 amide bonds. The second kappa shape index (κ2) is 7.17. The predicted octanol–water partition coefficient (Wildman–Crippen LogP) is 2.72. The summed E-state index contributed by atoms with van der Waals surface area (Å²) in [6, 6.07) is 1.37. The van der Waals surface area contributed by atoms with Crippen molar-refractivity contribution < 1.29 is 18.3 Å². The van der Waals surface area contributed by atoms with E-state index in [9.17, 15) is 13.6 Å². The van der Waals surface area contributed by atoms with Gasteiger partial charge in [0.2, 0.25) is 5.88 Å². The maximum absolute atomic E-state index is 14.2. The Morgan fingerprint density at radius 2 is 2.08 bits per heavy atom. The lowest BCUT2D eigenvalue weighted by Crippen LogP contribution is -2.22. The molecule has 136 valence electrons. The van der Waals surface area contributed by atoms with Crippen LogP contribution in [0.4, 0.5) is 30.8 Å². The van der Waals surface area contributed by atoms with Crippen LogP contribution in [0.25, 0.3) is 11.0 Å². The van der Waals surface area contributed by atoms with E-state index in [0.29, 0.717) is 17.6 Å². The Labute approximate surface area is 146 Å². The zero-order valence-corrected chi connectivity index (χ0v) is 13.9. The topological polar surface area (TPSA) is 117 Å². The Morgan fingerprint density at radius 1 is 1.27 bits per heavy atom. The van der Waals surface area contributed by atoms with Crippen molar-refractivity contribution in [3.63, 3.8) is 0 Å². The van der Waals surface area contributed by atoms with Gasteiger partial charge < -0.3 is 15.4 Å². The van der Waals surface area contributed by atoms with Gasteiger partial charge in [0.05, 0.1) is 12.3 Å². The number of fused-ring (bicyclic) bond motifs is 1.